The monoisotopic (exact) mass is 288 g/mol. The summed E-state index contributed by atoms with van der Waals surface area (Å²) in [4.78, 5) is 11.3. The van der Waals surface area contributed by atoms with Gasteiger partial charge in [0.05, 0.1) is 5.57 Å². The van der Waals surface area contributed by atoms with Crippen molar-refractivity contribution in [2.75, 3.05) is 0 Å². The highest BCUT2D eigenvalue weighted by atomic mass is 16.4. The number of hydrogen-bond acceptors (Lipinski definition) is 1. The van der Waals surface area contributed by atoms with Crippen molar-refractivity contribution < 1.29 is 9.90 Å². The molecule has 3 aliphatic rings. The second-order valence-corrected chi connectivity index (χ2v) is 7.35. The number of carboxylic acid groups (broad SMARTS) is 1. The molecule has 5 atom stereocenters. The summed E-state index contributed by atoms with van der Waals surface area (Å²) in [6.07, 6.45) is 14.3. The molecule has 116 valence electrons. The molecule has 0 bridgehead atoms. The van der Waals surface area contributed by atoms with Gasteiger partial charge in [-0.1, -0.05) is 70.6 Å². The van der Waals surface area contributed by atoms with Gasteiger partial charge in [0.15, 0.2) is 0 Å². The zero-order valence-corrected chi connectivity index (χ0v) is 13.3. The van der Waals surface area contributed by atoms with Crippen molar-refractivity contribution in [2.45, 2.75) is 52.4 Å². The zero-order chi connectivity index (χ0) is 15.0. The van der Waals surface area contributed by atoms with Crippen LogP contribution in [0.5, 0.6) is 0 Å². The molecule has 1 N–H and O–H groups in total. The standard InChI is InChI=1S/C19H28O2/c1-3-15-12(2)18(13-7-5-4-6-8-13)16-10-9-14(19(20)21)11-17(15)16/h9-13,15-18H,3-8H2,1-2H3,(H,20,21). The number of aliphatic carboxylic acids is 1. The van der Waals surface area contributed by atoms with Crippen LogP contribution in [0.3, 0.4) is 0 Å². The summed E-state index contributed by atoms with van der Waals surface area (Å²) in [5.74, 6) is 3.27. The van der Waals surface area contributed by atoms with Gasteiger partial charge >= 0.3 is 5.97 Å². The maximum atomic E-state index is 11.3. The predicted molar refractivity (Wildman–Crippen MR) is 84.8 cm³/mol. The molecule has 0 aliphatic heterocycles. The van der Waals surface area contributed by atoms with Crippen molar-refractivity contribution in [1.82, 2.24) is 0 Å². The van der Waals surface area contributed by atoms with Gasteiger partial charge in [0.1, 0.15) is 0 Å². The lowest BCUT2D eigenvalue weighted by molar-refractivity contribution is -0.132. The summed E-state index contributed by atoms with van der Waals surface area (Å²) in [6, 6.07) is 0. The first-order chi connectivity index (χ1) is 10.1. The van der Waals surface area contributed by atoms with Gasteiger partial charge in [0.2, 0.25) is 0 Å². The van der Waals surface area contributed by atoms with Gasteiger partial charge in [-0.25, -0.2) is 4.79 Å². The molecular weight excluding hydrogens is 260 g/mol. The quantitative estimate of drug-likeness (QED) is 0.819. The lowest BCUT2D eigenvalue weighted by atomic mass is 9.71. The Bertz CT molecular complexity index is 456. The van der Waals surface area contributed by atoms with Crippen molar-refractivity contribution in [1.29, 1.82) is 0 Å². The van der Waals surface area contributed by atoms with E-state index in [9.17, 15) is 9.90 Å². The van der Waals surface area contributed by atoms with Crippen LogP contribution in [-0.4, -0.2) is 11.1 Å². The SMILES string of the molecule is CCC1C(C)C(C2CCCCC2)C2C=CC(C(=O)O)=CC21. The fourth-order valence-electron chi connectivity index (χ4n) is 5.55. The number of fused-ring (bicyclic) bond motifs is 1. The van der Waals surface area contributed by atoms with Crippen LogP contribution in [0.4, 0.5) is 0 Å². The van der Waals surface area contributed by atoms with Gasteiger partial charge in [-0.05, 0) is 35.5 Å². The van der Waals surface area contributed by atoms with Crippen LogP contribution in [0.2, 0.25) is 0 Å². The zero-order valence-electron chi connectivity index (χ0n) is 13.3. The van der Waals surface area contributed by atoms with Crippen LogP contribution < -0.4 is 0 Å². The van der Waals surface area contributed by atoms with Crippen molar-refractivity contribution >= 4 is 5.97 Å². The molecule has 0 aromatic carbocycles. The van der Waals surface area contributed by atoms with Crippen LogP contribution in [0.25, 0.3) is 0 Å². The van der Waals surface area contributed by atoms with Crippen molar-refractivity contribution in [2.24, 2.45) is 35.5 Å². The first-order valence-electron chi connectivity index (χ1n) is 8.76. The average molecular weight is 288 g/mol. The Hall–Kier alpha value is -1.05. The molecule has 0 aromatic rings. The Kier molecular flexibility index (Phi) is 4.24. The summed E-state index contributed by atoms with van der Waals surface area (Å²) in [5, 5.41) is 9.28. The van der Waals surface area contributed by atoms with Gasteiger partial charge in [0, 0.05) is 0 Å². The highest BCUT2D eigenvalue weighted by Gasteiger charge is 2.49. The molecule has 0 aromatic heterocycles. The summed E-state index contributed by atoms with van der Waals surface area (Å²) >= 11 is 0. The van der Waals surface area contributed by atoms with E-state index in [1.54, 1.807) is 0 Å². The smallest absolute Gasteiger partial charge is 0.335 e. The molecule has 0 radical (unpaired) electrons. The molecule has 5 unspecified atom stereocenters. The third kappa shape index (κ3) is 2.58. The largest absolute Gasteiger partial charge is 0.478 e. The number of carboxylic acids is 1. The minimum Gasteiger partial charge on any atom is -0.478 e. The second kappa shape index (κ2) is 5.98. The first-order valence-corrected chi connectivity index (χ1v) is 8.76. The Morgan fingerprint density at radius 3 is 2.57 bits per heavy atom. The van der Waals surface area contributed by atoms with E-state index in [1.165, 1.54) is 38.5 Å². The van der Waals surface area contributed by atoms with Crippen LogP contribution in [-0.2, 0) is 4.79 Å². The molecule has 2 saturated carbocycles. The summed E-state index contributed by atoms with van der Waals surface area (Å²) < 4.78 is 0. The lowest BCUT2D eigenvalue weighted by Crippen LogP contribution is -2.26. The Morgan fingerprint density at radius 1 is 1.24 bits per heavy atom. The molecule has 2 heteroatoms. The highest BCUT2D eigenvalue weighted by molar-refractivity contribution is 5.90. The third-order valence-electron chi connectivity index (χ3n) is 6.45. The van der Waals surface area contributed by atoms with Crippen molar-refractivity contribution in [3.8, 4) is 0 Å². The summed E-state index contributed by atoms with van der Waals surface area (Å²) in [5.41, 5.74) is 0.506. The Morgan fingerprint density at radius 2 is 1.95 bits per heavy atom. The number of rotatable bonds is 3. The van der Waals surface area contributed by atoms with Crippen LogP contribution in [0.1, 0.15) is 52.4 Å². The fourth-order valence-corrected chi connectivity index (χ4v) is 5.55. The van der Waals surface area contributed by atoms with E-state index < -0.39 is 5.97 Å². The fraction of sp³-hybridized carbons (Fsp3) is 0.737. The molecule has 0 heterocycles. The molecule has 3 aliphatic carbocycles. The van der Waals surface area contributed by atoms with Gasteiger partial charge in [-0.3, -0.25) is 0 Å². The highest BCUT2D eigenvalue weighted by Crippen LogP contribution is 2.55. The van der Waals surface area contributed by atoms with Crippen molar-refractivity contribution in [3.63, 3.8) is 0 Å². The van der Waals surface area contributed by atoms with Gasteiger partial charge in [0.25, 0.3) is 0 Å². The minimum absolute atomic E-state index is 0.452. The number of hydrogen-bond donors (Lipinski definition) is 1. The van der Waals surface area contributed by atoms with Crippen LogP contribution in [0, 0.1) is 35.5 Å². The third-order valence-corrected chi connectivity index (χ3v) is 6.45. The Labute approximate surface area is 128 Å². The van der Waals surface area contributed by atoms with E-state index in [-0.39, 0.29) is 0 Å². The Balaban J connectivity index is 1.87. The molecule has 3 rings (SSSR count). The molecule has 2 fully saturated rings. The van der Waals surface area contributed by atoms with E-state index in [1.807, 2.05) is 6.08 Å². The maximum absolute atomic E-state index is 11.3. The second-order valence-electron chi connectivity index (χ2n) is 7.35. The van der Waals surface area contributed by atoms with Crippen LogP contribution in [0.15, 0.2) is 23.8 Å². The van der Waals surface area contributed by atoms with Gasteiger partial charge in [-0.2, -0.15) is 0 Å². The minimum atomic E-state index is -0.770. The predicted octanol–water partition coefficient (Wildman–Crippen LogP) is 4.67. The molecule has 2 nitrogen and oxygen atoms in total. The molecule has 0 amide bonds. The van der Waals surface area contributed by atoms with Gasteiger partial charge < -0.3 is 5.11 Å². The van der Waals surface area contributed by atoms with E-state index in [2.05, 4.69) is 26.0 Å². The summed E-state index contributed by atoms with van der Waals surface area (Å²) in [6.45, 7) is 4.70. The van der Waals surface area contributed by atoms with E-state index in [4.69, 9.17) is 0 Å². The van der Waals surface area contributed by atoms with E-state index in [0.717, 1.165) is 17.8 Å². The van der Waals surface area contributed by atoms with E-state index >= 15 is 0 Å². The lowest BCUT2D eigenvalue weighted by Gasteiger charge is -2.34. The number of carbonyl (C=O) groups is 1. The normalized spacial score (nSPS) is 39.9. The molecule has 0 spiro atoms. The molecule has 21 heavy (non-hydrogen) atoms. The first kappa shape index (κ1) is 14.9. The topological polar surface area (TPSA) is 37.3 Å². The van der Waals surface area contributed by atoms with Crippen molar-refractivity contribution in [3.05, 3.63) is 23.8 Å². The average Bonchev–Trinajstić information content (AvgIpc) is 2.78. The van der Waals surface area contributed by atoms with Crippen LogP contribution >= 0.6 is 0 Å². The molecule has 0 saturated heterocycles. The number of allylic oxidation sites excluding steroid dienone is 2. The maximum Gasteiger partial charge on any atom is 0.335 e. The van der Waals surface area contributed by atoms with Gasteiger partial charge in [-0.15, -0.1) is 0 Å². The summed E-state index contributed by atoms with van der Waals surface area (Å²) in [7, 11) is 0. The molecular formula is C19H28O2. The van der Waals surface area contributed by atoms with E-state index in [0.29, 0.717) is 23.3 Å².